The highest BCUT2D eigenvalue weighted by atomic mass is 16.4. The van der Waals surface area contributed by atoms with Gasteiger partial charge in [0.2, 0.25) is 0 Å². The van der Waals surface area contributed by atoms with Crippen LogP contribution in [0, 0.1) is 5.92 Å². The van der Waals surface area contributed by atoms with Gasteiger partial charge in [-0.2, -0.15) is 0 Å². The summed E-state index contributed by atoms with van der Waals surface area (Å²) in [6, 6.07) is 0.196. The molecule has 2 N–H and O–H groups in total. The molecule has 100 valence electrons. The van der Waals surface area contributed by atoms with Crippen LogP contribution in [0.4, 0.5) is 0 Å². The predicted octanol–water partition coefficient (Wildman–Crippen LogP) is 1.56. The highest BCUT2D eigenvalue weighted by molar-refractivity contribution is 5.80. The van der Waals surface area contributed by atoms with Gasteiger partial charge in [0.1, 0.15) is 5.54 Å². The molecular formula is C13H26N2O2. The minimum Gasteiger partial charge on any atom is -0.480 e. The van der Waals surface area contributed by atoms with E-state index in [-0.39, 0.29) is 6.04 Å². The van der Waals surface area contributed by atoms with Gasteiger partial charge in [-0.3, -0.25) is 10.1 Å². The Kier molecular flexibility index (Phi) is 4.95. The maximum absolute atomic E-state index is 11.7. The van der Waals surface area contributed by atoms with E-state index in [1.165, 1.54) is 0 Å². The van der Waals surface area contributed by atoms with Crippen molar-refractivity contribution in [3.8, 4) is 0 Å². The van der Waals surface area contributed by atoms with Gasteiger partial charge in [0, 0.05) is 12.6 Å². The summed E-state index contributed by atoms with van der Waals surface area (Å²) < 4.78 is 0. The van der Waals surface area contributed by atoms with E-state index in [1.807, 2.05) is 20.9 Å². The molecule has 17 heavy (non-hydrogen) atoms. The number of carbonyl (C=O) groups is 1. The first-order valence-electron chi connectivity index (χ1n) is 6.62. The first kappa shape index (κ1) is 14.5. The molecule has 1 rings (SSSR count). The summed E-state index contributed by atoms with van der Waals surface area (Å²) in [5, 5.41) is 12.9. The molecule has 1 atom stereocenters. The van der Waals surface area contributed by atoms with Crippen molar-refractivity contribution >= 4 is 5.97 Å². The molecule has 0 aromatic heterocycles. The number of nitrogens with zero attached hydrogens (tertiary/aromatic N) is 1. The monoisotopic (exact) mass is 242 g/mol. The van der Waals surface area contributed by atoms with Crippen molar-refractivity contribution in [3.05, 3.63) is 0 Å². The highest BCUT2D eigenvalue weighted by Gasteiger charge is 2.51. The molecule has 4 nitrogen and oxygen atoms in total. The predicted molar refractivity (Wildman–Crippen MR) is 69.2 cm³/mol. The number of hydrogen-bond acceptors (Lipinski definition) is 3. The SMILES string of the molecule is CCCN(C)CC(NC(C)C)(C(=O)O)C1CC1. The molecule has 1 unspecified atom stereocenters. The lowest BCUT2D eigenvalue weighted by atomic mass is 9.91. The summed E-state index contributed by atoms with van der Waals surface area (Å²) in [5.41, 5.74) is -0.752. The summed E-state index contributed by atoms with van der Waals surface area (Å²) in [7, 11) is 2.01. The Bertz CT molecular complexity index is 264. The van der Waals surface area contributed by atoms with Gasteiger partial charge >= 0.3 is 5.97 Å². The van der Waals surface area contributed by atoms with Crippen LogP contribution in [0.2, 0.25) is 0 Å². The number of hydrogen-bond donors (Lipinski definition) is 2. The van der Waals surface area contributed by atoms with Crippen molar-refractivity contribution in [2.24, 2.45) is 5.92 Å². The first-order chi connectivity index (χ1) is 7.92. The number of likely N-dealkylation sites (N-methyl/N-ethyl adjacent to an activating group) is 1. The molecule has 0 aliphatic heterocycles. The molecule has 0 aromatic rings. The lowest BCUT2D eigenvalue weighted by molar-refractivity contribution is -0.147. The molecule has 0 radical (unpaired) electrons. The van der Waals surface area contributed by atoms with Crippen molar-refractivity contribution in [2.45, 2.75) is 51.6 Å². The van der Waals surface area contributed by atoms with Crippen molar-refractivity contribution in [1.82, 2.24) is 10.2 Å². The van der Waals surface area contributed by atoms with E-state index in [0.717, 1.165) is 25.8 Å². The van der Waals surface area contributed by atoms with E-state index in [9.17, 15) is 9.90 Å². The van der Waals surface area contributed by atoms with Crippen molar-refractivity contribution < 1.29 is 9.90 Å². The van der Waals surface area contributed by atoms with Crippen LogP contribution in [0.3, 0.4) is 0 Å². The summed E-state index contributed by atoms with van der Waals surface area (Å²) in [4.78, 5) is 13.8. The zero-order valence-electron chi connectivity index (χ0n) is 11.5. The maximum Gasteiger partial charge on any atom is 0.325 e. The molecule has 1 aliphatic rings. The second-order valence-corrected chi connectivity index (χ2v) is 5.59. The Morgan fingerprint density at radius 2 is 2.12 bits per heavy atom. The van der Waals surface area contributed by atoms with Gasteiger partial charge in [0.25, 0.3) is 0 Å². The third-order valence-corrected chi connectivity index (χ3v) is 3.33. The van der Waals surface area contributed by atoms with Crippen LogP contribution >= 0.6 is 0 Å². The highest BCUT2D eigenvalue weighted by Crippen LogP contribution is 2.40. The van der Waals surface area contributed by atoms with Crippen LogP contribution in [0.25, 0.3) is 0 Å². The molecular weight excluding hydrogens is 216 g/mol. The molecule has 4 heteroatoms. The normalized spacial score (nSPS) is 19.6. The standard InChI is InChI=1S/C13H26N2O2/c1-5-8-15(4)9-13(12(16)17,11-6-7-11)14-10(2)3/h10-11,14H,5-9H2,1-4H3,(H,16,17). The van der Waals surface area contributed by atoms with Crippen molar-refractivity contribution in [2.75, 3.05) is 20.1 Å². The van der Waals surface area contributed by atoms with E-state index in [2.05, 4.69) is 17.1 Å². The van der Waals surface area contributed by atoms with Gasteiger partial charge in [0.15, 0.2) is 0 Å². The Labute approximate surface area is 104 Å². The van der Waals surface area contributed by atoms with E-state index in [0.29, 0.717) is 12.5 Å². The van der Waals surface area contributed by atoms with Crippen LogP contribution in [0.1, 0.15) is 40.0 Å². The van der Waals surface area contributed by atoms with E-state index >= 15 is 0 Å². The molecule has 0 spiro atoms. The third kappa shape index (κ3) is 3.68. The average Bonchev–Trinajstić information content (AvgIpc) is 2.98. The molecule has 1 fully saturated rings. The molecule has 0 saturated heterocycles. The fourth-order valence-corrected chi connectivity index (χ4v) is 2.57. The molecule has 1 aliphatic carbocycles. The molecule has 1 saturated carbocycles. The largest absolute Gasteiger partial charge is 0.480 e. The van der Waals surface area contributed by atoms with Gasteiger partial charge in [-0.15, -0.1) is 0 Å². The van der Waals surface area contributed by atoms with Crippen LogP contribution < -0.4 is 5.32 Å². The Morgan fingerprint density at radius 3 is 2.47 bits per heavy atom. The zero-order valence-corrected chi connectivity index (χ0v) is 11.5. The Hall–Kier alpha value is -0.610. The van der Waals surface area contributed by atoms with Crippen LogP contribution in [0.5, 0.6) is 0 Å². The number of carboxylic acids is 1. The van der Waals surface area contributed by atoms with E-state index < -0.39 is 11.5 Å². The fourth-order valence-electron chi connectivity index (χ4n) is 2.57. The fraction of sp³-hybridized carbons (Fsp3) is 0.923. The van der Waals surface area contributed by atoms with Crippen LogP contribution in [-0.2, 0) is 4.79 Å². The lowest BCUT2D eigenvalue weighted by Gasteiger charge is -2.36. The lowest BCUT2D eigenvalue weighted by Crippen LogP contribution is -2.62. The minimum absolute atomic E-state index is 0.196. The molecule has 0 heterocycles. The van der Waals surface area contributed by atoms with Gasteiger partial charge in [0.05, 0.1) is 0 Å². The number of aliphatic carboxylic acids is 1. The van der Waals surface area contributed by atoms with Crippen LogP contribution in [-0.4, -0.2) is 47.7 Å². The summed E-state index contributed by atoms with van der Waals surface area (Å²) >= 11 is 0. The van der Waals surface area contributed by atoms with Gasteiger partial charge in [-0.05, 0) is 52.6 Å². The van der Waals surface area contributed by atoms with Crippen LogP contribution in [0.15, 0.2) is 0 Å². The molecule has 0 bridgehead atoms. The smallest absolute Gasteiger partial charge is 0.325 e. The van der Waals surface area contributed by atoms with E-state index in [1.54, 1.807) is 0 Å². The van der Waals surface area contributed by atoms with Gasteiger partial charge < -0.3 is 10.0 Å². The minimum atomic E-state index is -0.752. The van der Waals surface area contributed by atoms with Gasteiger partial charge in [-0.25, -0.2) is 0 Å². The summed E-state index contributed by atoms with van der Waals surface area (Å²) in [6.45, 7) is 7.69. The Morgan fingerprint density at radius 1 is 1.53 bits per heavy atom. The van der Waals surface area contributed by atoms with Crippen molar-refractivity contribution in [3.63, 3.8) is 0 Å². The molecule has 0 aromatic carbocycles. The topological polar surface area (TPSA) is 52.6 Å². The van der Waals surface area contributed by atoms with Gasteiger partial charge in [-0.1, -0.05) is 6.92 Å². The number of rotatable bonds is 8. The average molecular weight is 242 g/mol. The second kappa shape index (κ2) is 5.83. The maximum atomic E-state index is 11.7. The third-order valence-electron chi connectivity index (χ3n) is 3.33. The van der Waals surface area contributed by atoms with Crippen molar-refractivity contribution in [1.29, 1.82) is 0 Å². The Balaban J connectivity index is 2.78. The van der Waals surface area contributed by atoms with E-state index in [4.69, 9.17) is 0 Å². The zero-order chi connectivity index (χ0) is 13.1. The first-order valence-corrected chi connectivity index (χ1v) is 6.62. The second-order valence-electron chi connectivity index (χ2n) is 5.59. The summed E-state index contributed by atoms with van der Waals surface area (Å²) in [6.07, 6.45) is 3.12. The number of carboxylic acid groups (broad SMARTS) is 1. The molecule has 0 amide bonds. The summed E-state index contributed by atoms with van der Waals surface area (Å²) in [5.74, 6) is -0.404. The number of nitrogens with one attached hydrogen (secondary N) is 1. The quantitative estimate of drug-likeness (QED) is 0.678.